The summed E-state index contributed by atoms with van der Waals surface area (Å²) in [6, 6.07) is 0. The zero-order valence-electron chi connectivity index (χ0n) is 13.6. The van der Waals surface area contributed by atoms with Crippen molar-refractivity contribution in [2.24, 2.45) is 7.05 Å². The van der Waals surface area contributed by atoms with Gasteiger partial charge in [0.15, 0.2) is 0 Å². The number of aromatic nitrogens is 3. The van der Waals surface area contributed by atoms with Crippen molar-refractivity contribution in [3.63, 3.8) is 0 Å². The molecule has 2 aliphatic heterocycles. The highest BCUT2D eigenvalue weighted by Gasteiger charge is 2.26. The first-order valence-corrected chi connectivity index (χ1v) is 8.26. The van der Waals surface area contributed by atoms with Gasteiger partial charge >= 0.3 is 5.97 Å². The summed E-state index contributed by atoms with van der Waals surface area (Å²) in [7, 11) is 2.04. The van der Waals surface area contributed by atoms with E-state index in [0.29, 0.717) is 5.92 Å². The smallest absolute Gasteiger partial charge is 0.317 e. The van der Waals surface area contributed by atoms with Crippen LogP contribution in [-0.2, 0) is 23.1 Å². The molecule has 2 saturated heterocycles. The minimum Gasteiger partial charge on any atom is -0.480 e. The minimum absolute atomic E-state index is 0.133. The summed E-state index contributed by atoms with van der Waals surface area (Å²) in [5.41, 5.74) is 0. The first-order chi connectivity index (χ1) is 11.1. The number of carboxylic acid groups (broad SMARTS) is 1. The summed E-state index contributed by atoms with van der Waals surface area (Å²) in [6.07, 6.45) is 1.88. The summed E-state index contributed by atoms with van der Waals surface area (Å²) in [4.78, 5) is 15.1. The van der Waals surface area contributed by atoms with Crippen LogP contribution in [0.5, 0.6) is 0 Å². The van der Waals surface area contributed by atoms with Gasteiger partial charge in [0.2, 0.25) is 0 Å². The molecule has 0 amide bonds. The number of hydrogen-bond donors (Lipinski definition) is 1. The molecule has 23 heavy (non-hydrogen) atoms. The molecule has 0 aromatic carbocycles. The molecule has 8 heteroatoms. The highest BCUT2D eigenvalue weighted by molar-refractivity contribution is 5.69. The number of carboxylic acids is 1. The van der Waals surface area contributed by atoms with Crippen LogP contribution >= 0.6 is 0 Å². The van der Waals surface area contributed by atoms with Gasteiger partial charge < -0.3 is 14.4 Å². The van der Waals surface area contributed by atoms with Crippen molar-refractivity contribution in [3.05, 3.63) is 11.6 Å². The highest BCUT2D eigenvalue weighted by Crippen LogP contribution is 2.26. The van der Waals surface area contributed by atoms with Crippen molar-refractivity contribution in [2.45, 2.75) is 25.3 Å². The molecule has 2 fully saturated rings. The lowest BCUT2D eigenvalue weighted by Crippen LogP contribution is -2.37. The number of morpholine rings is 1. The van der Waals surface area contributed by atoms with Crippen LogP contribution in [0.1, 0.15) is 30.4 Å². The molecule has 3 rings (SSSR count). The Morgan fingerprint density at radius 3 is 2.52 bits per heavy atom. The van der Waals surface area contributed by atoms with E-state index in [1.165, 1.54) is 0 Å². The van der Waals surface area contributed by atoms with Crippen molar-refractivity contribution in [3.8, 4) is 0 Å². The third-order valence-corrected chi connectivity index (χ3v) is 4.78. The molecule has 0 unspecified atom stereocenters. The molecule has 0 aliphatic carbocycles. The number of rotatable bonds is 5. The molecule has 0 atom stereocenters. The standard InChI is InChI=1S/C15H25N5O3/c1-18-13(10-20-6-8-23-9-7-20)16-17-15(18)12-2-4-19(5-3-12)11-14(21)22/h12H,2-11H2,1H3,(H,21,22). The van der Waals surface area contributed by atoms with Gasteiger partial charge in [0.1, 0.15) is 11.6 Å². The fourth-order valence-electron chi connectivity index (χ4n) is 3.37. The van der Waals surface area contributed by atoms with Gasteiger partial charge in [0, 0.05) is 26.1 Å². The van der Waals surface area contributed by atoms with Crippen molar-refractivity contribution in [1.82, 2.24) is 24.6 Å². The first-order valence-electron chi connectivity index (χ1n) is 8.26. The third kappa shape index (κ3) is 4.07. The second kappa shape index (κ2) is 7.37. The van der Waals surface area contributed by atoms with Crippen molar-refractivity contribution in [2.75, 3.05) is 45.9 Å². The average Bonchev–Trinajstić information content (AvgIpc) is 2.90. The maximum atomic E-state index is 10.8. The molecule has 2 aliphatic rings. The molecule has 1 aromatic rings. The van der Waals surface area contributed by atoms with Gasteiger partial charge in [-0.25, -0.2) is 0 Å². The zero-order chi connectivity index (χ0) is 16.2. The molecular formula is C15H25N5O3. The lowest BCUT2D eigenvalue weighted by molar-refractivity contribution is -0.138. The summed E-state index contributed by atoms with van der Waals surface area (Å²) in [5.74, 6) is 1.64. The Morgan fingerprint density at radius 2 is 1.87 bits per heavy atom. The van der Waals surface area contributed by atoms with Gasteiger partial charge in [-0.2, -0.15) is 0 Å². The van der Waals surface area contributed by atoms with Crippen LogP contribution in [0.4, 0.5) is 0 Å². The number of carbonyl (C=O) groups is 1. The van der Waals surface area contributed by atoms with E-state index in [-0.39, 0.29) is 6.54 Å². The van der Waals surface area contributed by atoms with Gasteiger partial charge in [-0.15, -0.1) is 10.2 Å². The zero-order valence-corrected chi connectivity index (χ0v) is 13.6. The molecule has 3 heterocycles. The van der Waals surface area contributed by atoms with E-state index >= 15 is 0 Å². The quantitative estimate of drug-likeness (QED) is 0.811. The summed E-state index contributed by atoms with van der Waals surface area (Å²) in [6.45, 7) is 6.01. The van der Waals surface area contributed by atoms with Crippen molar-refractivity contribution < 1.29 is 14.6 Å². The average molecular weight is 323 g/mol. The Kier molecular flexibility index (Phi) is 5.24. The predicted octanol–water partition coefficient (Wildman–Crippen LogP) is -0.0887. The Hall–Kier alpha value is -1.51. The number of likely N-dealkylation sites (tertiary alicyclic amines) is 1. The topological polar surface area (TPSA) is 83.7 Å². The largest absolute Gasteiger partial charge is 0.480 e. The second-order valence-electron chi connectivity index (χ2n) is 6.37. The van der Waals surface area contributed by atoms with Crippen LogP contribution in [-0.4, -0.2) is 81.6 Å². The summed E-state index contributed by atoms with van der Waals surface area (Å²) in [5, 5.41) is 17.7. The van der Waals surface area contributed by atoms with Crippen molar-refractivity contribution in [1.29, 1.82) is 0 Å². The van der Waals surface area contributed by atoms with Gasteiger partial charge in [-0.05, 0) is 25.9 Å². The molecule has 0 saturated carbocycles. The Labute approximate surface area is 136 Å². The van der Waals surface area contributed by atoms with Gasteiger partial charge in [0.05, 0.1) is 26.3 Å². The number of aliphatic carboxylic acids is 1. The number of ether oxygens (including phenoxy) is 1. The first kappa shape index (κ1) is 16.4. The van der Waals surface area contributed by atoms with Gasteiger partial charge in [-0.1, -0.05) is 0 Å². The molecule has 1 N–H and O–H groups in total. The number of hydrogen-bond acceptors (Lipinski definition) is 6. The Balaban J connectivity index is 1.57. The Morgan fingerprint density at radius 1 is 1.17 bits per heavy atom. The van der Waals surface area contributed by atoms with Crippen LogP contribution < -0.4 is 0 Å². The molecular weight excluding hydrogens is 298 g/mol. The molecule has 0 spiro atoms. The van der Waals surface area contributed by atoms with E-state index in [0.717, 1.165) is 70.4 Å². The normalized spacial score (nSPS) is 21.6. The number of piperidine rings is 1. The predicted molar refractivity (Wildman–Crippen MR) is 83.1 cm³/mol. The van der Waals surface area contributed by atoms with E-state index in [9.17, 15) is 4.79 Å². The fraction of sp³-hybridized carbons (Fsp3) is 0.800. The third-order valence-electron chi connectivity index (χ3n) is 4.78. The van der Waals surface area contributed by atoms with E-state index < -0.39 is 5.97 Å². The molecule has 8 nitrogen and oxygen atoms in total. The van der Waals surface area contributed by atoms with Crippen LogP contribution in [0, 0.1) is 0 Å². The van der Waals surface area contributed by atoms with E-state index in [1.807, 2.05) is 11.9 Å². The number of nitrogens with zero attached hydrogens (tertiary/aromatic N) is 5. The maximum Gasteiger partial charge on any atom is 0.317 e. The van der Waals surface area contributed by atoms with E-state index in [4.69, 9.17) is 9.84 Å². The molecule has 0 bridgehead atoms. The fourth-order valence-corrected chi connectivity index (χ4v) is 3.37. The monoisotopic (exact) mass is 323 g/mol. The van der Waals surface area contributed by atoms with E-state index in [1.54, 1.807) is 0 Å². The highest BCUT2D eigenvalue weighted by atomic mass is 16.5. The lowest BCUT2D eigenvalue weighted by atomic mass is 9.96. The summed E-state index contributed by atoms with van der Waals surface area (Å²) >= 11 is 0. The molecule has 0 radical (unpaired) electrons. The van der Waals surface area contributed by atoms with Gasteiger partial charge in [-0.3, -0.25) is 14.6 Å². The van der Waals surface area contributed by atoms with Crippen molar-refractivity contribution >= 4 is 5.97 Å². The molecule has 128 valence electrons. The lowest BCUT2D eigenvalue weighted by Gasteiger charge is -2.30. The van der Waals surface area contributed by atoms with Crippen LogP contribution in [0.2, 0.25) is 0 Å². The van der Waals surface area contributed by atoms with Crippen LogP contribution in [0.15, 0.2) is 0 Å². The summed E-state index contributed by atoms with van der Waals surface area (Å²) < 4.78 is 7.49. The Bertz CT molecular complexity index is 533. The van der Waals surface area contributed by atoms with E-state index in [2.05, 4.69) is 19.7 Å². The van der Waals surface area contributed by atoms with Crippen LogP contribution in [0.3, 0.4) is 0 Å². The maximum absolute atomic E-state index is 10.8. The SMILES string of the molecule is Cn1c(CN2CCOCC2)nnc1C1CCN(CC(=O)O)CC1. The second-order valence-corrected chi connectivity index (χ2v) is 6.37. The van der Waals surface area contributed by atoms with Gasteiger partial charge in [0.25, 0.3) is 0 Å². The minimum atomic E-state index is -0.755. The van der Waals surface area contributed by atoms with Crippen LogP contribution in [0.25, 0.3) is 0 Å². The molecule has 1 aromatic heterocycles.